The molecular formula is C26H46O3Sn. The molecule has 1 heterocycles. The average Bonchev–Trinajstić information content (AvgIpc) is 2.80. The van der Waals surface area contributed by atoms with Crippen molar-refractivity contribution in [1.82, 2.24) is 0 Å². The normalized spacial score (nSPS) is 17.2. The molecule has 1 fully saturated rings. The first-order chi connectivity index (χ1) is 14.7. The van der Waals surface area contributed by atoms with Crippen molar-refractivity contribution in [2.24, 2.45) is 0 Å². The fraction of sp³-hybridized carbons (Fsp3) is 0.769. The fourth-order valence-electron chi connectivity index (χ4n) is 4.56. The molecule has 0 aromatic heterocycles. The molecule has 1 aliphatic heterocycles. The number of hydrogen-bond donors (Lipinski definition) is 0. The summed E-state index contributed by atoms with van der Waals surface area (Å²) in [6.07, 6.45) is 12.5. The molecule has 0 aliphatic carbocycles. The van der Waals surface area contributed by atoms with Gasteiger partial charge in [-0.25, -0.2) is 0 Å². The predicted octanol–water partition coefficient (Wildman–Crippen LogP) is 7.05. The topological polar surface area (TPSA) is 27.7 Å². The van der Waals surface area contributed by atoms with Gasteiger partial charge in [-0.15, -0.1) is 0 Å². The third-order valence-electron chi connectivity index (χ3n) is 6.49. The van der Waals surface area contributed by atoms with E-state index in [0.29, 0.717) is 13.2 Å². The second-order valence-corrected chi connectivity index (χ2v) is 22.2. The summed E-state index contributed by atoms with van der Waals surface area (Å²) in [5.74, 6) is 1.01. The minimum absolute atomic E-state index is 0.00742. The zero-order valence-corrected chi connectivity index (χ0v) is 22.8. The second kappa shape index (κ2) is 15.5. The Balaban J connectivity index is 1.87. The van der Waals surface area contributed by atoms with E-state index in [1.54, 1.807) is 3.58 Å². The summed E-state index contributed by atoms with van der Waals surface area (Å²) in [6.45, 7) is 9.30. The zero-order valence-electron chi connectivity index (χ0n) is 19.9. The van der Waals surface area contributed by atoms with Crippen LogP contribution in [0.4, 0.5) is 0 Å². The Labute approximate surface area is 190 Å². The van der Waals surface area contributed by atoms with Gasteiger partial charge < -0.3 is 0 Å². The van der Waals surface area contributed by atoms with Gasteiger partial charge in [0.15, 0.2) is 0 Å². The van der Waals surface area contributed by atoms with E-state index in [2.05, 4.69) is 45.0 Å². The molecule has 1 atom stereocenters. The maximum absolute atomic E-state index is 6.01. The number of ether oxygens (including phenoxy) is 3. The van der Waals surface area contributed by atoms with E-state index in [1.165, 1.54) is 64.7 Å². The van der Waals surface area contributed by atoms with Crippen molar-refractivity contribution in [2.45, 2.75) is 105 Å². The monoisotopic (exact) mass is 526 g/mol. The number of unbranched alkanes of at least 4 members (excludes halogenated alkanes) is 3. The summed E-state index contributed by atoms with van der Waals surface area (Å²) in [5, 5.41) is 0. The summed E-state index contributed by atoms with van der Waals surface area (Å²) < 4.78 is 23.7. The van der Waals surface area contributed by atoms with Crippen LogP contribution in [0.3, 0.4) is 0 Å². The Morgan fingerprint density at radius 3 is 2.00 bits per heavy atom. The van der Waals surface area contributed by atoms with E-state index in [0.717, 1.165) is 25.2 Å². The molecular weight excluding hydrogens is 479 g/mol. The Hall–Kier alpha value is -0.261. The van der Waals surface area contributed by atoms with E-state index in [4.69, 9.17) is 14.2 Å². The molecule has 3 nitrogen and oxygen atoms in total. The summed E-state index contributed by atoms with van der Waals surface area (Å²) in [4.78, 5) is 0. The summed E-state index contributed by atoms with van der Waals surface area (Å²) in [7, 11) is 0. The van der Waals surface area contributed by atoms with E-state index in [9.17, 15) is 0 Å². The maximum atomic E-state index is 6.01. The molecule has 172 valence electrons. The summed E-state index contributed by atoms with van der Waals surface area (Å²) in [6, 6.07) is 9.32. The van der Waals surface area contributed by atoms with Crippen molar-refractivity contribution < 1.29 is 14.2 Å². The SMILES string of the molecule is CCC[CH2][Sn]([CH2]CCC)([CH2]CCC)[c]1ccc(OCCCOC2CCCCO2)cc1. The van der Waals surface area contributed by atoms with Crippen LogP contribution in [0.2, 0.25) is 13.3 Å². The van der Waals surface area contributed by atoms with E-state index >= 15 is 0 Å². The van der Waals surface area contributed by atoms with Gasteiger partial charge in [-0.3, -0.25) is 0 Å². The van der Waals surface area contributed by atoms with Gasteiger partial charge in [0.2, 0.25) is 0 Å². The second-order valence-electron chi connectivity index (χ2n) is 8.98. The van der Waals surface area contributed by atoms with Gasteiger partial charge in [-0.2, -0.15) is 0 Å². The van der Waals surface area contributed by atoms with Gasteiger partial charge in [-0.05, 0) is 6.42 Å². The van der Waals surface area contributed by atoms with Crippen LogP contribution in [0.1, 0.15) is 85.0 Å². The molecule has 1 aromatic carbocycles. The van der Waals surface area contributed by atoms with E-state index in [1.807, 2.05) is 0 Å². The molecule has 1 aliphatic rings. The van der Waals surface area contributed by atoms with Crippen LogP contribution in [0.5, 0.6) is 5.75 Å². The average molecular weight is 525 g/mol. The van der Waals surface area contributed by atoms with Crippen molar-refractivity contribution in [3.63, 3.8) is 0 Å². The third-order valence-corrected chi connectivity index (χ3v) is 22.2. The molecule has 0 amide bonds. The van der Waals surface area contributed by atoms with Crippen LogP contribution in [-0.4, -0.2) is 44.5 Å². The zero-order chi connectivity index (χ0) is 21.5. The van der Waals surface area contributed by atoms with Crippen molar-refractivity contribution in [2.75, 3.05) is 19.8 Å². The Kier molecular flexibility index (Phi) is 13.5. The quantitative estimate of drug-likeness (QED) is 0.171. The minimum atomic E-state index is -2.31. The Morgan fingerprint density at radius 1 is 0.833 bits per heavy atom. The first-order valence-electron chi connectivity index (χ1n) is 12.7. The van der Waals surface area contributed by atoms with Gasteiger partial charge in [0.25, 0.3) is 0 Å². The number of rotatable bonds is 16. The first kappa shape index (κ1) is 26.0. The van der Waals surface area contributed by atoms with Gasteiger partial charge >= 0.3 is 184 Å². The molecule has 0 bridgehead atoms. The van der Waals surface area contributed by atoms with Crippen LogP contribution in [0.25, 0.3) is 0 Å². The van der Waals surface area contributed by atoms with Crippen LogP contribution < -0.4 is 8.32 Å². The molecule has 1 aromatic rings. The van der Waals surface area contributed by atoms with Gasteiger partial charge in [0.1, 0.15) is 0 Å². The Morgan fingerprint density at radius 2 is 1.47 bits per heavy atom. The van der Waals surface area contributed by atoms with Crippen molar-refractivity contribution in [1.29, 1.82) is 0 Å². The van der Waals surface area contributed by atoms with Gasteiger partial charge in [0.05, 0.1) is 0 Å². The Bertz CT molecular complexity index is 518. The molecule has 0 radical (unpaired) electrons. The molecule has 4 heteroatoms. The van der Waals surface area contributed by atoms with Gasteiger partial charge in [-0.1, -0.05) is 0 Å². The van der Waals surface area contributed by atoms with E-state index in [-0.39, 0.29) is 6.29 Å². The summed E-state index contributed by atoms with van der Waals surface area (Å²) >= 11 is -2.31. The molecule has 1 unspecified atom stereocenters. The standard InChI is InChI=1S/C14H19O3.3C4H9.Sn/c1-2-7-13(8-3-1)15-11-6-12-17-14-9-4-5-10-16-14;3*1-3-4-2;/h2-3,7-8,14H,4-6,9-12H2;3*1,3-4H2,2H3;. The molecule has 0 saturated carbocycles. The van der Waals surface area contributed by atoms with Crippen molar-refractivity contribution in [3.05, 3.63) is 24.3 Å². The van der Waals surface area contributed by atoms with Gasteiger partial charge in [0, 0.05) is 0 Å². The van der Waals surface area contributed by atoms with Crippen LogP contribution in [-0.2, 0) is 9.47 Å². The predicted molar refractivity (Wildman–Crippen MR) is 131 cm³/mol. The van der Waals surface area contributed by atoms with Crippen LogP contribution in [0.15, 0.2) is 24.3 Å². The first-order valence-corrected chi connectivity index (χ1v) is 20.2. The molecule has 0 spiro atoms. The fourth-order valence-corrected chi connectivity index (χ4v) is 20.5. The summed E-state index contributed by atoms with van der Waals surface area (Å²) in [5.41, 5.74) is 0. The number of hydrogen-bond acceptors (Lipinski definition) is 3. The number of benzene rings is 1. The molecule has 30 heavy (non-hydrogen) atoms. The van der Waals surface area contributed by atoms with Crippen LogP contribution in [0, 0.1) is 0 Å². The molecule has 1 saturated heterocycles. The van der Waals surface area contributed by atoms with Crippen molar-refractivity contribution in [3.8, 4) is 5.75 Å². The van der Waals surface area contributed by atoms with E-state index < -0.39 is 18.4 Å². The molecule has 0 N–H and O–H groups in total. The third kappa shape index (κ3) is 9.08. The van der Waals surface area contributed by atoms with Crippen molar-refractivity contribution >= 4 is 22.0 Å². The molecule has 2 rings (SSSR count). The van der Waals surface area contributed by atoms with Crippen LogP contribution >= 0.6 is 0 Å².